The van der Waals surface area contributed by atoms with Crippen molar-refractivity contribution >= 4 is 28.7 Å². The lowest BCUT2D eigenvalue weighted by Gasteiger charge is -2.11. The SMILES string of the molecule is COCCOCc1cn2ncnc(N)c2c1-c1ccc(NC(=O)Nc2cc(C)ccc2F)cc1. The Morgan fingerprint density at radius 2 is 1.94 bits per heavy atom. The molecule has 0 bridgehead atoms. The predicted octanol–water partition coefficient (Wildman–Crippen LogP) is 4.23. The first-order valence-electron chi connectivity index (χ1n) is 10.6. The van der Waals surface area contributed by atoms with Crippen LogP contribution in [0.4, 0.5) is 26.4 Å². The second-order valence-electron chi connectivity index (χ2n) is 7.65. The van der Waals surface area contributed by atoms with Crippen LogP contribution in [0.15, 0.2) is 55.0 Å². The molecule has 0 unspecified atom stereocenters. The van der Waals surface area contributed by atoms with Gasteiger partial charge in [0.15, 0.2) is 5.82 Å². The lowest BCUT2D eigenvalue weighted by Crippen LogP contribution is -2.20. The number of rotatable bonds is 8. The molecular weight excluding hydrogens is 439 g/mol. The number of carbonyl (C=O) groups is 1. The Labute approximate surface area is 195 Å². The van der Waals surface area contributed by atoms with Gasteiger partial charge in [0, 0.05) is 30.1 Å². The van der Waals surface area contributed by atoms with E-state index in [9.17, 15) is 9.18 Å². The van der Waals surface area contributed by atoms with Crippen LogP contribution in [-0.4, -0.2) is 41.0 Å². The molecule has 0 aliphatic heterocycles. The van der Waals surface area contributed by atoms with Crippen molar-refractivity contribution < 1.29 is 18.7 Å². The van der Waals surface area contributed by atoms with Gasteiger partial charge in [0.25, 0.3) is 0 Å². The molecular formula is C24H25FN6O3. The van der Waals surface area contributed by atoms with Crippen molar-refractivity contribution in [3.63, 3.8) is 0 Å². The summed E-state index contributed by atoms with van der Waals surface area (Å²) in [6.07, 6.45) is 3.25. The van der Waals surface area contributed by atoms with E-state index in [0.717, 1.165) is 22.3 Å². The minimum atomic E-state index is -0.545. The van der Waals surface area contributed by atoms with E-state index in [4.69, 9.17) is 15.2 Å². The van der Waals surface area contributed by atoms with Gasteiger partial charge in [-0.15, -0.1) is 0 Å². The maximum atomic E-state index is 13.9. The number of ether oxygens (including phenoxy) is 2. The fraction of sp³-hybridized carbons (Fsp3) is 0.208. The summed E-state index contributed by atoms with van der Waals surface area (Å²) in [6, 6.07) is 11.2. The highest BCUT2D eigenvalue weighted by Gasteiger charge is 2.17. The summed E-state index contributed by atoms with van der Waals surface area (Å²) < 4.78 is 26.3. The van der Waals surface area contributed by atoms with Crippen molar-refractivity contribution in [3.05, 3.63) is 71.9 Å². The number of hydrogen-bond acceptors (Lipinski definition) is 6. The van der Waals surface area contributed by atoms with Gasteiger partial charge in [-0.2, -0.15) is 5.10 Å². The number of halogens is 1. The normalized spacial score (nSPS) is 11.0. The lowest BCUT2D eigenvalue weighted by molar-refractivity contribution is 0.0618. The maximum absolute atomic E-state index is 13.9. The first kappa shape index (κ1) is 23.1. The summed E-state index contributed by atoms with van der Waals surface area (Å²) in [5.41, 5.74) is 10.9. The zero-order valence-corrected chi connectivity index (χ0v) is 18.8. The Hall–Kier alpha value is -4.02. The molecule has 2 aromatic heterocycles. The molecule has 0 atom stereocenters. The molecule has 0 aliphatic carbocycles. The Balaban J connectivity index is 1.55. The van der Waals surface area contributed by atoms with Crippen molar-refractivity contribution in [1.29, 1.82) is 0 Å². The largest absolute Gasteiger partial charge is 0.382 e. The summed E-state index contributed by atoms with van der Waals surface area (Å²) in [5.74, 6) is -0.161. The molecule has 0 fully saturated rings. The van der Waals surface area contributed by atoms with Crippen molar-refractivity contribution in [2.24, 2.45) is 0 Å². The van der Waals surface area contributed by atoms with Crippen molar-refractivity contribution in [3.8, 4) is 11.1 Å². The molecule has 0 saturated heterocycles. The second kappa shape index (κ2) is 10.3. The van der Waals surface area contributed by atoms with Gasteiger partial charge in [-0.3, -0.25) is 0 Å². The van der Waals surface area contributed by atoms with Gasteiger partial charge >= 0.3 is 6.03 Å². The van der Waals surface area contributed by atoms with Crippen LogP contribution in [0, 0.1) is 12.7 Å². The minimum Gasteiger partial charge on any atom is -0.382 e. The molecule has 0 radical (unpaired) electrons. The number of nitrogens with zero attached hydrogens (tertiary/aromatic N) is 3. The van der Waals surface area contributed by atoms with Gasteiger partial charge in [0.05, 0.1) is 25.5 Å². The third-order valence-corrected chi connectivity index (χ3v) is 5.17. The highest BCUT2D eigenvalue weighted by molar-refractivity contribution is 6.00. The first-order valence-corrected chi connectivity index (χ1v) is 10.6. The van der Waals surface area contributed by atoms with Crippen LogP contribution in [0.3, 0.4) is 0 Å². The fourth-order valence-electron chi connectivity index (χ4n) is 3.58. The molecule has 10 heteroatoms. The number of aryl methyl sites for hydroxylation is 1. The minimum absolute atomic E-state index is 0.114. The number of nitrogens with two attached hydrogens (primary N) is 1. The maximum Gasteiger partial charge on any atom is 0.323 e. The summed E-state index contributed by atoms with van der Waals surface area (Å²) in [7, 11) is 1.62. The molecule has 2 aromatic carbocycles. The van der Waals surface area contributed by atoms with Gasteiger partial charge in [-0.05, 0) is 42.3 Å². The van der Waals surface area contributed by atoms with E-state index in [-0.39, 0.29) is 5.69 Å². The molecule has 4 aromatic rings. The number of carbonyl (C=O) groups excluding carboxylic acids is 1. The average molecular weight is 465 g/mol. The Morgan fingerprint density at radius 3 is 2.71 bits per heavy atom. The number of fused-ring (bicyclic) bond motifs is 1. The van der Waals surface area contributed by atoms with Gasteiger partial charge in [-0.25, -0.2) is 18.7 Å². The van der Waals surface area contributed by atoms with Crippen LogP contribution in [0.1, 0.15) is 11.1 Å². The number of aromatic nitrogens is 3. The zero-order valence-electron chi connectivity index (χ0n) is 18.8. The lowest BCUT2D eigenvalue weighted by atomic mass is 10.0. The zero-order chi connectivity index (χ0) is 24.1. The molecule has 4 N–H and O–H groups in total. The molecule has 0 saturated carbocycles. The first-order chi connectivity index (χ1) is 16.5. The molecule has 0 aliphatic rings. The molecule has 34 heavy (non-hydrogen) atoms. The van der Waals surface area contributed by atoms with Crippen molar-refractivity contribution in [2.75, 3.05) is 36.7 Å². The van der Waals surface area contributed by atoms with Gasteiger partial charge in [0.2, 0.25) is 0 Å². The third-order valence-electron chi connectivity index (χ3n) is 5.17. The van der Waals surface area contributed by atoms with Crippen molar-refractivity contribution in [1.82, 2.24) is 14.6 Å². The number of nitrogen functional groups attached to an aromatic ring is 1. The van der Waals surface area contributed by atoms with Gasteiger partial charge in [0.1, 0.15) is 17.7 Å². The van der Waals surface area contributed by atoms with E-state index in [0.29, 0.717) is 36.8 Å². The third kappa shape index (κ3) is 5.13. The number of hydrogen-bond donors (Lipinski definition) is 3. The van der Waals surface area contributed by atoms with Gasteiger partial charge in [-0.1, -0.05) is 18.2 Å². The Kier molecular flexibility index (Phi) is 7.00. The predicted molar refractivity (Wildman–Crippen MR) is 128 cm³/mol. The fourth-order valence-corrected chi connectivity index (χ4v) is 3.58. The summed E-state index contributed by atoms with van der Waals surface area (Å²) in [5, 5.41) is 9.49. The van der Waals surface area contributed by atoms with E-state index >= 15 is 0 Å². The monoisotopic (exact) mass is 464 g/mol. The Bertz CT molecular complexity index is 1310. The van der Waals surface area contributed by atoms with Crippen LogP contribution in [0.25, 0.3) is 16.6 Å². The van der Waals surface area contributed by atoms with E-state index in [1.807, 2.05) is 25.3 Å². The molecule has 9 nitrogen and oxygen atoms in total. The molecule has 4 rings (SSSR count). The highest BCUT2D eigenvalue weighted by Crippen LogP contribution is 2.33. The molecule has 176 valence electrons. The quantitative estimate of drug-likeness (QED) is 0.336. The van der Waals surface area contributed by atoms with Crippen LogP contribution in [0.2, 0.25) is 0 Å². The van der Waals surface area contributed by atoms with Crippen LogP contribution < -0.4 is 16.4 Å². The van der Waals surface area contributed by atoms with E-state index in [2.05, 4.69) is 20.7 Å². The second-order valence-corrected chi connectivity index (χ2v) is 7.65. The average Bonchev–Trinajstić information content (AvgIpc) is 3.19. The topological polar surface area (TPSA) is 116 Å². The van der Waals surface area contributed by atoms with E-state index < -0.39 is 11.8 Å². The summed E-state index contributed by atoms with van der Waals surface area (Å²) >= 11 is 0. The van der Waals surface area contributed by atoms with Crippen LogP contribution in [0.5, 0.6) is 0 Å². The van der Waals surface area contributed by atoms with Crippen LogP contribution >= 0.6 is 0 Å². The molecule has 0 spiro atoms. The van der Waals surface area contributed by atoms with Crippen molar-refractivity contribution in [2.45, 2.75) is 13.5 Å². The smallest absolute Gasteiger partial charge is 0.323 e. The van der Waals surface area contributed by atoms with E-state index in [1.165, 1.54) is 12.4 Å². The number of benzene rings is 2. The number of urea groups is 1. The Morgan fingerprint density at radius 1 is 1.15 bits per heavy atom. The number of methoxy groups -OCH3 is 1. The summed E-state index contributed by atoms with van der Waals surface area (Å²) in [6.45, 7) is 3.09. The highest BCUT2D eigenvalue weighted by atomic mass is 19.1. The number of nitrogens with one attached hydrogen (secondary N) is 2. The van der Waals surface area contributed by atoms with E-state index in [1.54, 1.807) is 35.9 Å². The number of anilines is 3. The standard InChI is InChI=1S/C24H25FN6O3/c1-15-3-8-19(25)20(11-15)30-24(32)29-18-6-4-16(5-7-18)21-17(13-34-10-9-33-2)12-31-22(21)23(26)27-14-28-31/h3-8,11-12,14H,9-10,13H2,1-2H3,(H2,26,27,28)(H2,29,30,32). The molecule has 2 heterocycles. The number of amides is 2. The summed E-state index contributed by atoms with van der Waals surface area (Å²) in [4.78, 5) is 16.5. The van der Waals surface area contributed by atoms with Gasteiger partial charge < -0.3 is 25.8 Å². The molecule has 2 amide bonds. The van der Waals surface area contributed by atoms with Crippen LogP contribution in [-0.2, 0) is 16.1 Å².